The second-order valence-electron chi connectivity index (χ2n) is 5.09. The fraction of sp³-hybridized carbons (Fsp3) is 0.533. The molecular formula is C15H23ClN2O. The van der Waals surface area contributed by atoms with Gasteiger partial charge < -0.3 is 10.6 Å². The van der Waals surface area contributed by atoms with Crippen LogP contribution in [0.25, 0.3) is 0 Å². The van der Waals surface area contributed by atoms with Crippen molar-refractivity contribution in [3.05, 3.63) is 35.4 Å². The van der Waals surface area contributed by atoms with Crippen LogP contribution >= 0.6 is 12.4 Å². The monoisotopic (exact) mass is 282 g/mol. The number of carbonyl (C=O) groups is 1. The zero-order chi connectivity index (χ0) is 13.0. The number of halogens is 1. The fourth-order valence-corrected chi connectivity index (χ4v) is 2.54. The van der Waals surface area contributed by atoms with Gasteiger partial charge in [0.05, 0.1) is 12.1 Å². The lowest BCUT2D eigenvalue weighted by Crippen LogP contribution is -2.47. The smallest absolute Gasteiger partial charge is 0.237 e. The molecule has 2 N–H and O–H groups in total. The average molecular weight is 283 g/mol. The summed E-state index contributed by atoms with van der Waals surface area (Å²) in [6.07, 6.45) is 3.27. The Morgan fingerprint density at radius 3 is 2.74 bits per heavy atom. The molecule has 1 saturated heterocycles. The quantitative estimate of drug-likeness (QED) is 0.895. The van der Waals surface area contributed by atoms with Gasteiger partial charge in [-0.25, -0.2) is 0 Å². The number of hydrogen-bond donors (Lipinski definition) is 2. The molecule has 0 aromatic heterocycles. The first kappa shape index (κ1) is 16.0. The van der Waals surface area contributed by atoms with E-state index < -0.39 is 0 Å². The van der Waals surface area contributed by atoms with Crippen LogP contribution in [-0.2, 0) is 4.79 Å². The minimum atomic E-state index is -0.00906. The topological polar surface area (TPSA) is 41.1 Å². The molecule has 1 heterocycles. The molecular weight excluding hydrogens is 260 g/mol. The molecule has 0 saturated carbocycles. The molecule has 3 nitrogen and oxygen atoms in total. The third-order valence-corrected chi connectivity index (χ3v) is 3.64. The Morgan fingerprint density at radius 1 is 1.37 bits per heavy atom. The van der Waals surface area contributed by atoms with E-state index in [-0.39, 0.29) is 30.4 Å². The second kappa shape index (κ2) is 7.51. The van der Waals surface area contributed by atoms with E-state index in [1.54, 1.807) is 0 Å². The molecule has 0 bridgehead atoms. The maximum Gasteiger partial charge on any atom is 0.237 e. The van der Waals surface area contributed by atoms with E-state index in [1.165, 1.54) is 17.5 Å². The summed E-state index contributed by atoms with van der Waals surface area (Å²) in [6, 6.07) is 8.26. The lowest BCUT2D eigenvalue weighted by molar-refractivity contribution is -0.124. The number of rotatable bonds is 3. The van der Waals surface area contributed by atoms with Crippen LogP contribution < -0.4 is 10.6 Å². The van der Waals surface area contributed by atoms with Crippen molar-refractivity contribution in [2.75, 3.05) is 6.54 Å². The fourth-order valence-electron chi connectivity index (χ4n) is 2.54. The Kier molecular flexibility index (Phi) is 6.32. The highest BCUT2D eigenvalue weighted by Crippen LogP contribution is 2.17. The van der Waals surface area contributed by atoms with Gasteiger partial charge in [-0.1, -0.05) is 30.7 Å². The zero-order valence-electron chi connectivity index (χ0n) is 11.6. The Labute approximate surface area is 121 Å². The van der Waals surface area contributed by atoms with E-state index in [4.69, 9.17) is 0 Å². The molecule has 106 valence electrons. The van der Waals surface area contributed by atoms with Crippen LogP contribution in [0.5, 0.6) is 0 Å². The van der Waals surface area contributed by atoms with Gasteiger partial charge in [-0.05, 0) is 44.4 Å². The summed E-state index contributed by atoms with van der Waals surface area (Å²) in [5.41, 5.74) is 2.42. The molecule has 1 aliphatic rings. The first-order valence-corrected chi connectivity index (χ1v) is 6.78. The van der Waals surface area contributed by atoms with Gasteiger partial charge in [0.25, 0.3) is 0 Å². The first-order valence-electron chi connectivity index (χ1n) is 6.78. The summed E-state index contributed by atoms with van der Waals surface area (Å²) in [4.78, 5) is 12.1. The molecule has 1 aromatic rings. The van der Waals surface area contributed by atoms with Crippen molar-refractivity contribution >= 4 is 18.3 Å². The molecule has 2 rings (SSSR count). The Hall–Kier alpha value is -1.06. The van der Waals surface area contributed by atoms with Gasteiger partial charge >= 0.3 is 0 Å². The lowest BCUT2D eigenvalue weighted by Gasteiger charge is -2.25. The summed E-state index contributed by atoms with van der Waals surface area (Å²) in [5.74, 6) is 0.130. The van der Waals surface area contributed by atoms with Gasteiger partial charge in [-0.15, -0.1) is 12.4 Å². The summed E-state index contributed by atoms with van der Waals surface area (Å²) < 4.78 is 0. The van der Waals surface area contributed by atoms with Crippen molar-refractivity contribution in [3.8, 4) is 0 Å². The molecule has 19 heavy (non-hydrogen) atoms. The van der Waals surface area contributed by atoms with Crippen molar-refractivity contribution < 1.29 is 4.79 Å². The molecule has 4 heteroatoms. The number of piperidine rings is 1. The van der Waals surface area contributed by atoms with Crippen molar-refractivity contribution in [1.82, 2.24) is 10.6 Å². The molecule has 0 spiro atoms. The predicted octanol–water partition coefficient (Wildman–Crippen LogP) is 2.74. The number of amides is 1. The summed E-state index contributed by atoms with van der Waals surface area (Å²) in [6.45, 7) is 5.08. The zero-order valence-corrected chi connectivity index (χ0v) is 12.4. The van der Waals surface area contributed by atoms with Crippen molar-refractivity contribution in [3.63, 3.8) is 0 Å². The van der Waals surface area contributed by atoms with E-state index in [1.807, 2.05) is 19.1 Å². The summed E-state index contributed by atoms with van der Waals surface area (Å²) in [7, 11) is 0. The summed E-state index contributed by atoms with van der Waals surface area (Å²) >= 11 is 0. The maximum absolute atomic E-state index is 12.1. The SMILES string of the molecule is Cc1ccccc1C(C)NC(=O)[C@@H]1CCCCN1.Cl. The van der Waals surface area contributed by atoms with E-state index in [9.17, 15) is 4.79 Å². The van der Waals surface area contributed by atoms with E-state index in [0.717, 1.165) is 19.4 Å². The molecule has 0 aliphatic carbocycles. The number of benzene rings is 1. The van der Waals surface area contributed by atoms with Crippen molar-refractivity contribution in [1.29, 1.82) is 0 Å². The van der Waals surface area contributed by atoms with Crippen LogP contribution in [0.1, 0.15) is 43.4 Å². The first-order chi connectivity index (χ1) is 8.68. The van der Waals surface area contributed by atoms with Crippen LogP contribution in [0.3, 0.4) is 0 Å². The van der Waals surface area contributed by atoms with Gasteiger partial charge in [-0.2, -0.15) is 0 Å². The third-order valence-electron chi connectivity index (χ3n) is 3.64. The average Bonchev–Trinajstić information content (AvgIpc) is 2.40. The number of nitrogens with one attached hydrogen (secondary N) is 2. The molecule has 0 radical (unpaired) electrons. The lowest BCUT2D eigenvalue weighted by atomic mass is 10.0. The van der Waals surface area contributed by atoms with Crippen LogP contribution in [0.15, 0.2) is 24.3 Å². The van der Waals surface area contributed by atoms with Crippen molar-refractivity contribution in [2.45, 2.75) is 45.2 Å². The standard InChI is InChI=1S/C15H22N2O.ClH/c1-11-7-3-4-8-13(11)12(2)17-15(18)14-9-5-6-10-16-14;/h3-4,7-8,12,14,16H,5-6,9-10H2,1-2H3,(H,17,18);1H/t12?,14-;/m0./s1. The maximum atomic E-state index is 12.1. The Bertz CT molecular complexity index is 416. The highest BCUT2D eigenvalue weighted by Gasteiger charge is 2.22. The number of aryl methyl sites for hydroxylation is 1. The third kappa shape index (κ3) is 4.22. The van der Waals surface area contributed by atoms with Gasteiger partial charge in [0.1, 0.15) is 0 Å². The highest BCUT2D eigenvalue weighted by atomic mass is 35.5. The molecule has 1 aromatic carbocycles. The number of hydrogen-bond acceptors (Lipinski definition) is 2. The van der Waals surface area contributed by atoms with Gasteiger partial charge in [-0.3, -0.25) is 4.79 Å². The van der Waals surface area contributed by atoms with Crippen LogP contribution in [0.4, 0.5) is 0 Å². The molecule has 1 unspecified atom stereocenters. The minimum Gasteiger partial charge on any atom is -0.348 e. The molecule has 1 amide bonds. The minimum absolute atomic E-state index is 0. The van der Waals surface area contributed by atoms with Gasteiger partial charge in [0.15, 0.2) is 0 Å². The van der Waals surface area contributed by atoms with E-state index >= 15 is 0 Å². The Morgan fingerprint density at radius 2 is 2.11 bits per heavy atom. The largest absolute Gasteiger partial charge is 0.348 e. The van der Waals surface area contributed by atoms with Gasteiger partial charge in [0, 0.05) is 0 Å². The predicted molar refractivity (Wildman–Crippen MR) is 80.6 cm³/mol. The van der Waals surface area contributed by atoms with Crippen molar-refractivity contribution in [2.24, 2.45) is 0 Å². The van der Waals surface area contributed by atoms with Crippen LogP contribution in [0, 0.1) is 6.92 Å². The molecule has 1 fully saturated rings. The highest BCUT2D eigenvalue weighted by molar-refractivity contribution is 5.85. The van der Waals surface area contributed by atoms with Crippen LogP contribution in [-0.4, -0.2) is 18.5 Å². The molecule has 2 atom stereocenters. The molecule has 1 aliphatic heterocycles. The van der Waals surface area contributed by atoms with E-state index in [0.29, 0.717) is 0 Å². The van der Waals surface area contributed by atoms with Gasteiger partial charge in [0.2, 0.25) is 5.91 Å². The van der Waals surface area contributed by atoms with E-state index in [2.05, 4.69) is 29.7 Å². The van der Waals surface area contributed by atoms with Crippen LogP contribution in [0.2, 0.25) is 0 Å². The second-order valence-corrected chi connectivity index (χ2v) is 5.09. The Balaban J connectivity index is 0.00000180. The number of carbonyl (C=O) groups excluding carboxylic acids is 1. The summed E-state index contributed by atoms with van der Waals surface area (Å²) in [5, 5.41) is 6.38. The normalized spacial score (nSPS) is 20.2.